The van der Waals surface area contributed by atoms with Crippen molar-refractivity contribution in [2.75, 3.05) is 9.80 Å². The van der Waals surface area contributed by atoms with Gasteiger partial charge in [-0.05, 0) is 146 Å². The molecule has 3 aliphatic rings. The Labute approximate surface area is 352 Å². The third-order valence-corrected chi connectivity index (χ3v) is 13.8. The maximum absolute atomic E-state index is 7.48. The van der Waals surface area contributed by atoms with E-state index in [9.17, 15) is 0 Å². The Morgan fingerprint density at radius 1 is 0.559 bits per heavy atom. The highest BCUT2D eigenvalue weighted by molar-refractivity contribution is 7.00. The number of anilines is 6. The third-order valence-electron chi connectivity index (χ3n) is 13.8. The smallest absolute Gasteiger partial charge is 0.297 e. The summed E-state index contributed by atoms with van der Waals surface area (Å²) in [5.74, 6) is 0. The molecule has 0 fully saturated rings. The van der Waals surface area contributed by atoms with Crippen LogP contribution in [0.2, 0.25) is 0 Å². The zero-order chi connectivity index (χ0) is 41.4. The Morgan fingerprint density at radius 3 is 1.83 bits per heavy atom. The summed E-state index contributed by atoms with van der Waals surface area (Å²) in [6.45, 7) is 25.7. The van der Waals surface area contributed by atoms with Crippen molar-refractivity contribution >= 4 is 68.4 Å². The summed E-state index contributed by atoms with van der Waals surface area (Å²) in [6.07, 6.45) is 2.31. The van der Waals surface area contributed by atoms with E-state index in [1.54, 1.807) is 0 Å². The number of hydrogen-bond acceptors (Lipinski definition) is 3. The number of rotatable bonds is 3. The first-order valence-corrected chi connectivity index (χ1v) is 21.7. The van der Waals surface area contributed by atoms with E-state index in [0.717, 1.165) is 35.5 Å². The maximum Gasteiger partial charge on any atom is 0.297 e. The fourth-order valence-electron chi connectivity index (χ4n) is 10.3. The van der Waals surface area contributed by atoms with Gasteiger partial charge >= 0.3 is 0 Å². The fourth-order valence-corrected chi connectivity index (χ4v) is 10.3. The second kappa shape index (κ2) is 12.8. The molecule has 7 aromatic rings. The quantitative estimate of drug-likeness (QED) is 0.167. The molecule has 4 heteroatoms. The molecule has 1 aliphatic carbocycles. The Bertz CT molecular complexity index is 2810. The lowest BCUT2D eigenvalue weighted by Crippen LogP contribution is -2.61. The van der Waals surface area contributed by atoms with Crippen LogP contribution in [0.15, 0.2) is 126 Å². The van der Waals surface area contributed by atoms with Crippen LogP contribution in [0, 0.1) is 6.92 Å². The SMILES string of the molecule is Cc1cc2c3c(c1)N(c1cccc(-c4ccccc4)c1)c1c(oc4cc5c(cc14)C(C)(C)CCC5(C)C)B3c1cc(C(C)(C)C)ccc1N2c1ccc(C(C)(C)C)cc1. The van der Waals surface area contributed by atoms with Gasteiger partial charge in [0.05, 0.1) is 11.3 Å². The van der Waals surface area contributed by atoms with Crippen molar-refractivity contribution < 1.29 is 4.42 Å². The van der Waals surface area contributed by atoms with Crippen LogP contribution in [0.1, 0.15) is 110 Å². The van der Waals surface area contributed by atoms with Crippen molar-refractivity contribution in [2.24, 2.45) is 0 Å². The summed E-state index contributed by atoms with van der Waals surface area (Å²) in [4.78, 5) is 5.06. The summed E-state index contributed by atoms with van der Waals surface area (Å²) in [5, 5.41) is 1.19. The van der Waals surface area contributed by atoms with Crippen LogP contribution in [-0.2, 0) is 21.7 Å². The van der Waals surface area contributed by atoms with E-state index in [1.807, 2.05) is 0 Å². The zero-order valence-corrected chi connectivity index (χ0v) is 36.8. The van der Waals surface area contributed by atoms with Gasteiger partial charge in [-0.1, -0.05) is 136 Å². The van der Waals surface area contributed by atoms with E-state index >= 15 is 0 Å². The molecular formula is C55H57BN2O. The van der Waals surface area contributed by atoms with Gasteiger partial charge in [0.25, 0.3) is 6.71 Å². The monoisotopic (exact) mass is 772 g/mol. The molecule has 0 unspecified atom stereocenters. The second-order valence-corrected chi connectivity index (χ2v) is 21.0. The summed E-state index contributed by atoms with van der Waals surface area (Å²) >= 11 is 0. The van der Waals surface area contributed by atoms with Crippen molar-refractivity contribution in [1.29, 1.82) is 0 Å². The molecule has 10 rings (SSSR count). The molecule has 3 heterocycles. The predicted octanol–water partition coefficient (Wildman–Crippen LogP) is 13.4. The predicted molar refractivity (Wildman–Crippen MR) is 253 cm³/mol. The van der Waals surface area contributed by atoms with Crippen molar-refractivity contribution in [1.82, 2.24) is 0 Å². The molecular weight excluding hydrogens is 715 g/mol. The van der Waals surface area contributed by atoms with Crippen molar-refractivity contribution in [3.05, 3.63) is 149 Å². The second-order valence-electron chi connectivity index (χ2n) is 21.0. The maximum atomic E-state index is 7.48. The topological polar surface area (TPSA) is 19.6 Å². The minimum atomic E-state index is -0.1000. The molecule has 0 saturated carbocycles. The first-order valence-electron chi connectivity index (χ1n) is 21.7. The molecule has 0 N–H and O–H groups in total. The van der Waals surface area contributed by atoms with E-state index in [2.05, 4.69) is 207 Å². The number of benzene rings is 6. The average Bonchev–Trinajstić information content (AvgIpc) is 3.57. The Balaban J connectivity index is 1.32. The molecule has 3 nitrogen and oxygen atoms in total. The van der Waals surface area contributed by atoms with Gasteiger partial charge in [0.1, 0.15) is 5.58 Å². The summed E-state index contributed by atoms with van der Waals surface area (Å²) in [7, 11) is 0. The minimum absolute atomic E-state index is 0.0316. The van der Waals surface area contributed by atoms with E-state index in [-0.39, 0.29) is 28.4 Å². The number of furan rings is 1. The number of aryl methyl sites for hydroxylation is 1. The molecule has 6 aromatic carbocycles. The zero-order valence-electron chi connectivity index (χ0n) is 36.8. The Kier molecular flexibility index (Phi) is 8.17. The Morgan fingerprint density at radius 2 is 1.17 bits per heavy atom. The van der Waals surface area contributed by atoms with E-state index < -0.39 is 0 Å². The summed E-state index contributed by atoms with van der Waals surface area (Å²) < 4.78 is 7.48. The molecule has 0 bridgehead atoms. The van der Waals surface area contributed by atoms with Crippen molar-refractivity contribution in [2.45, 2.75) is 111 Å². The van der Waals surface area contributed by atoms with Gasteiger partial charge in [0, 0.05) is 33.8 Å². The third kappa shape index (κ3) is 5.92. The van der Waals surface area contributed by atoms with Gasteiger partial charge in [-0.25, -0.2) is 0 Å². The van der Waals surface area contributed by atoms with Crippen molar-refractivity contribution in [3.8, 4) is 11.1 Å². The summed E-state index contributed by atoms with van der Waals surface area (Å²) in [6, 6.07) is 46.1. The van der Waals surface area contributed by atoms with Gasteiger partial charge in [-0.15, -0.1) is 0 Å². The lowest BCUT2D eigenvalue weighted by Gasteiger charge is -2.43. The standard InChI is InChI=1S/C55H57BN2O/c1-34-28-46-49-47(29-34)58(40-19-15-18-36(30-40)35-16-13-12-14-17-35)50-41-32-42-43(55(10,11)27-26-54(42,8)9)33-48(41)59-51(50)56(49)44-31-38(53(5,6)7)22-25-45(44)57(46)39-23-20-37(21-24-39)52(2,3)4/h12-25,28-33H,26-27H2,1-11H3. The Hall–Kier alpha value is -5.48. The highest BCUT2D eigenvalue weighted by Gasteiger charge is 2.48. The largest absolute Gasteiger partial charge is 0.468 e. The van der Waals surface area contributed by atoms with Gasteiger partial charge < -0.3 is 14.2 Å². The lowest BCUT2D eigenvalue weighted by atomic mass is 9.35. The van der Waals surface area contributed by atoms with E-state index in [1.165, 1.54) is 78.0 Å². The fraction of sp³-hybridized carbons (Fsp3) is 0.309. The summed E-state index contributed by atoms with van der Waals surface area (Å²) in [5.41, 5.74) is 21.0. The average molecular weight is 773 g/mol. The number of fused-ring (bicyclic) bond motifs is 7. The minimum Gasteiger partial charge on any atom is -0.468 e. The first-order chi connectivity index (χ1) is 27.9. The number of hydrogen-bond donors (Lipinski definition) is 0. The highest BCUT2D eigenvalue weighted by atomic mass is 16.3. The van der Waals surface area contributed by atoms with Gasteiger partial charge in [0.2, 0.25) is 0 Å². The van der Waals surface area contributed by atoms with E-state index in [4.69, 9.17) is 4.42 Å². The molecule has 59 heavy (non-hydrogen) atoms. The molecule has 296 valence electrons. The van der Waals surface area contributed by atoms with Crippen LogP contribution in [-0.4, -0.2) is 6.71 Å². The van der Waals surface area contributed by atoms with Crippen LogP contribution in [0.4, 0.5) is 34.1 Å². The van der Waals surface area contributed by atoms with Gasteiger partial charge in [-0.3, -0.25) is 0 Å². The van der Waals surface area contributed by atoms with Gasteiger partial charge in [0.15, 0.2) is 0 Å². The first kappa shape index (κ1) is 37.8. The molecule has 1 aromatic heterocycles. The van der Waals surface area contributed by atoms with Gasteiger partial charge in [-0.2, -0.15) is 0 Å². The highest BCUT2D eigenvalue weighted by Crippen LogP contribution is 2.52. The van der Waals surface area contributed by atoms with Crippen LogP contribution in [0.5, 0.6) is 0 Å². The van der Waals surface area contributed by atoms with Crippen LogP contribution in [0.25, 0.3) is 22.1 Å². The van der Waals surface area contributed by atoms with Crippen molar-refractivity contribution in [3.63, 3.8) is 0 Å². The lowest BCUT2D eigenvalue weighted by molar-refractivity contribution is 0.332. The van der Waals surface area contributed by atoms with Crippen LogP contribution in [0.3, 0.4) is 0 Å². The van der Waals surface area contributed by atoms with Crippen LogP contribution >= 0.6 is 0 Å². The van der Waals surface area contributed by atoms with Crippen LogP contribution < -0.4 is 26.4 Å². The molecule has 0 radical (unpaired) electrons. The molecule has 0 amide bonds. The van der Waals surface area contributed by atoms with E-state index in [0.29, 0.717) is 0 Å². The molecule has 0 atom stereocenters. The normalized spacial score (nSPS) is 16.4. The molecule has 0 spiro atoms. The number of nitrogens with zero attached hydrogens (tertiary/aromatic N) is 2. The molecule has 2 aliphatic heterocycles. The molecule has 0 saturated heterocycles.